The number of carbonyl (C=O) groups is 1. The molecule has 6 nitrogen and oxygen atoms in total. The number of nitrogens with zero attached hydrogens (tertiary/aromatic N) is 1. The zero-order chi connectivity index (χ0) is 22.4. The number of anilines is 1. The smallest absolute Gasteiger partial charge is 0.264 e. The lowest BCUT2D eigenvalue weighted by atomic mass is 10.2. The lowest BCUT2D eigenvalue weighted by Crippen LogP contribution is -2.40. The first-order chi connectivity index (χ1) is 14.8. The van der Waals surface area contributed by atoms with Gasteiger partial charge in [0.05, 0.1) is 17.7 Å². The van der Waals surface area contributed by atoms with Crippen LogP contribution in [0.2, 0.25) is 5.02 Å². The summed E-state index contributed by atoms with van der Waals surface area (Å²) in [6.07, 6.45) is 0. The molecule has 0 spiro atoms. The molecule has 0 radical (unpaired) electrons. The van der Waals surface area contributed by atoms with Crippen molar-refractivity contribution in [2.24, 2.45) is 0 Å². The third-order valence-corrected chi connectivity index (χ3v) is 6.70. The molecule has 0 unspecified atom stereocenters. The van der Waals surface area contributed by atoms with Crippen molar-refractivity contribution in [3.63, 3.8) is 0 Å². The summed E-state index contributed by atoms with van der Waals surface area (Å²) in [7, 11) is -2.43. The molecular formula is C23H23ClN2O4S. The van der Waals surface area contributed by atoms with E-state index in [4.69, 9.17) is 16.3 Å². The first kappa shape index (κ1) is 22.7. The molecule has 0 saturated carbocycles. The van der Waals surface area contributed by atoms with E-state index in [1.165, 1.54) is 19.2 Å². The van der Waals surface area contributed by atoms with Gasteiger partial charge < -0.3 is 10.1 Å². The number of hydrogen-bond donors (Lipinski definition) is 1. The molecule has 0 fully saturated rings. The topological polar surface area (TPSA) is 75.7 Å². The number of aryl methyl sites for hydroxylation is 1. The molecule has 8 heteroatoms. The molecule has 0 aliphatic rings. The highest BCUT2D eigenvalue weighted by Crippen LogP contribution is 2.26. The number of methoxy groups -OCH3 is 1. The van der Waals surface area contributed by atoms with Gasteiger partial charge in [0.15, 0.2) is 0 Å². The van der Waals surface area contributed by atoms with Gasteiger partial charge in [0, 0.05) is 11.6 Å². The Morgan fingerprint density at radius 1 is 0.968 bits per heavy atom. The average Bonchev–Trinajstić information content (AvgIpc) is 2.77. The lowest BCUT2D eigenvalue weighted by Gasteiger charge is -2.24. The van der Waals surface area contributed by atoms with Gasteiger partial charge in [-0.05, 0) is 61.0 Å². The second kappa shape index (κ2) is 9.85. The third-order valence-electron chi connectivity index (χ3n) is 4.66. The summed E-state index contributed by atoms with van der Waals surface area (Å²) in [5.74, 6) is 0.157. The second-order valence-electron chi connectivity index (χ2n) is 6.93. The number of nitrogens with one attached hydrogen (secondary N) is 1. The Morgan fingerprint density at radius 3 is 2.16 bits per heavy atom. The standard InChI is InChI=1S/C23H23ClN2O4S/c1-17-3-13-22(14-4-17)31(28,29)26(20-9-11-21(30-2)12-10-20)16-23(27)25-15-18-5-7-19(24)8-6-18/h3-14H,15-16H2,1-2H3,(H,25,27). The molecular weight excluding hydrogens is 436 g/mol. The lowest BCUT2D eigenvalue weighted by molar-refractivity contribution is -0.119. The molecule has 3 aromatic rings. The molecule has 0 aliphatic carbocycles. The fourth-order valence-electron chi connectivity index (χ4n) is 2.89. The van der Waals surface area contributed by atoms with Crippen molar-refractivity contribution < 1.29 is 17.9 Å². The Bertz CT molecular complexity index is 1130. The molecule has 0 heterocycles. The van der Waals surface area contributed by atoms with Crippen molar-refractivity contribution in [1.29, 1.82) is 0 Å². The third kappa shape index (κ3) is 5.77. The van der Waals surface area contributed by atoms with Crippen LogP contribution in [0.1, 0.15) is 11.1 Å². The zero-order valence-electron chi connectivity index (χ0n) is 17.2. The van der Waals surface area contributed by atoms with Crippen molar-refractivity contribution in [3.05, 3.63) is 88.9 Å². The summed E-state index contributed by atoms with van der Waals surface area (Å²) in [4.78, 5) is 12.8. The van der Waals surface area contributed by atoms with Crippen LogP contribution >= 0.6 is 11.6 Å². The number of halogens is 1. The molecule has 0 atom stereocenters. The summed E-state index contributed by atoms with van der Waals surface area (Å²) in [5, 5.41) is 3.36. The molecule has 3 rings (SSSR count). The highest BCUT2D eigenvalue weighted by molar-refractivity contribution is 7.92. The van der Waals surface area contributed by atoms with Crippen LogP contribution in [0.3, 0.4) is 0 Å². The predicted molar refractivity (Wildman–Crippen MR) is 122 cm³/mol. The maximum atomic E-state index is 13.3. The normalized spacial score (nSPS) is 11.1. The van der Waals surface area contributed by atoms with E-state index < -0.39 is 15.9 Å². The Labute approximate surface area is 187 Å². The Morgan fingerprint density at radius 2 is 1.58 bits per heavy atom. The second-order valence-corrected chi connectivity index (χ2v) is 9.22. The first-order valence-electron chi connectivity index (χ1n) is 9.54. The molecule has 0 aromatic heterocycles. The van der Waals surface area contributed by atoms with Crippen LogP contribution < -0.4 is 14.4 Å². The van der Waals surface area contributed by atoms with E-state index in [1.807, 2.05) is 6.92 Å². The maximum absolute atomic E-state index is 13.3. The van der Waals surface area contributed by atoms with Gasteiger partial charge in [0.1, 0.15) is 12.3 Å². The molecule has 0 aliphatic heterocycles. The van der Waals surface area contributed by atoms with Crippen molar-refractivity contribution in [1.82, 2.24) is 5.32 Å². The highest BCUT2D eigenvalue weighted by atomic mass is 35.5. The Hall–Kier alpha value is -3.03. The summed E-state index contributed by atoms with van der Waals surface area (Å²) in [6.45, 7) is 1.77. The number of ether oxygens (including phenoxy) is 1. The summed E-state index contributed by atoms with van der Waals surface area (Å²) in [5.41, 5.74) is 2.16. The number of amides is 1. The fourth-order valence-corrected chi connectivity index (χ4v) is 4.44. The van der Waals surface area contributed by atoms with E-state index >= 15 is 0 Å². The summed E-state index contributed by atoms with van der Waals surface area (Å²) in [6, 6.07) is 20.1. The van der Waals surface area contributed by atoms with Gasteiger partial charge in [-0.15, -0.1) is 0 Å². The van der Waals surface area contributed by atoms with Crippen LogP contribution in [-0.2, 0) is 21.4 Å². The van der Waals surface area contributed by atoms with E-state index in [-0.39, 0.29) is 18.0 Å². The zero-order valence-corrected chi connectivity index (χ0v) is 18.8. The van der Waals surface area contributed by atoms with Crippen LogP contribution in [0, 0.1) is 6.92 Å². The van der Waals surface area contributed by atoms with E-state index in [0.29, 0.717) is 16.5 Å². The van der Waals surface area contributed by atoms with Gasteiger partial charge in [-0.3, -0.25) is 9.10 Å². The molecule has 1 N–H and O–H groups in total. The van der Waals surface area contributed by atoms with E-state index in [9.17, 15) is 13.2 Å². The minimum atomic E-state index is -3.96. The van der Waals surface area contributed by atoms with Crippen LogP contribution in [0.4, 0.5) is 5.69 Å². The van der Waals surface area contributed by atoms with E-state index in [1.54, 1.807) is 60.7 Å². The number of hydrogen-bond acceptors (Lipinski definition) is 4. The maximum Gasteiger partial charge on any atom is 0.264 e. The quantitative estimate of drug-likeness (QED) is 0.549. The van der Waals surface area contributed by atoms with Crippen LogP contribution in [0.5, 0.6) is 5.75 Å². The minimum absolute atomic E-state index is 0.111. The van der Waals surface area contributed by atoms with Crippen LogP contribution in [-0.4, -0.2) is 28.0 Å². The Balaban J connectivity index is 1.85. The van der Waals surface area contributed by atoms with Gasteiger partial charge >= 0.3 is 0 Å². The SMILES string of the molecule is COc1ccc(N(CC(=O)NCc2ccc(Cl)cc2)S(=O)(=O)c2ccc(C)cc2)cc1. The van der Waals surface area contributed by atoms with Gasteiger partial charge in [-0.1, -0.05) is 41.4 Å². The number of carbonyl (C=O) groups excluding carboxylic acids is 1. The molecule has 1 amide bonds. The van der Waals surface area contributed by atoms with Crippen molar-refractivity contribution >= 4 is 33.2 Å². The Kier molecular flexibility index (Phi) is 7.20. The van der Waals surface area contributed by atoms with Crippen molar-refractivity contribution in [2.45, 2.75) is 18.4 Å². The van der Waals surface area contributed by atoms with Gasteiger partial charge in [0.2, 0.25) is 5.91 Å². The monoisotopic (exact) mass is 458 g/mol. The van der Waals surface area contributed by atoms with Gasteiger partial charge in [-0.25, -0.2) is 8.42 Å². The van der Waals surface area contributed by atoms with Gasteiger partial charge in [-0.2, -0.15) is 0 Å². The predicted octanol–water partition coefficient (Wildman–Crippen LogP) is 4.17. The van der Waals surface area contributed by atoms with Crippen LogP contribution in [0.15, 0.2) is 77.7 Å². The molecule has 31 heavy (non-hydrogen) atoms. The largest absolute Gasteiger partial charge is 0.497 e. The number of rotatable bonds is 8. The highest BCUT2D eigenvalue weighted by Gasteiger charge is 2.27. The van der Waals surface area contributed by atoms with E-state index in [2.05, 4.69) is 5.32 Å². The molecule has 162 valence electrons. The van der Waals surface area contributed by atoms with Crippen molar-refractivity contribution in [3.8, 4) is 5.75 Å². The molecule has 0 saturated heterocycles. The number of benzene rings is 3. The van der Waals surface area contributed by atoms with Crippen LogP contribution in [0.25, 0.3) is 0 Å². The fraction of sp³-hybridized carbons (Fsp3) is 0.174. The summed E-state index contributed by atoms with van der Waals surface area (Å²) < 4.78 is 32.9. The molecule has 0 bridgehead atoms. The summed E-state index contributed by atoms with van der Waals surface area (Å²) >= 11 is 5.88. The van der Waals surface area contributed by atoms with E-state index in [0.717, 1.165) is 15.4 Å². The van der Waals surface area contributed by atoms with Crippen molar-refractivity contribution in [2.75, 3.05) is 18.0 Å². The first-order valence-corrected chi connectivity index (χ1v) is 11.4. The minimum Gasteiger partial charge on any atom is -0.497 e. The average molecular weight is 459 g/mol. The molecule has 3 aromatic carbocycles. The van der Waals surface area contributed by atoms with Gasteiger partial charge in [0.25, 0.3) is 10.0 Å². The number of sulfonamides is 1.